The molecule has 0 unspecified atom stereocenters. The van der Waals surface area contributed by atoms with Crippen LogP contribution in [0.25, 0.3) is 12.2 Å². The largest absolute Gasteiger partial charge is 0.493 e. The lowest BCUT2D eigenvalue weighted by atomic mass is 10.1. The van der Waals surface area contributed by atoms with Crippen LogP contribution in [-0.4, -0.2) is 19.2 Å². The lowest BCUT2D eigenvalue weighted by Gasteiger charge is -2.07. The first kappa shape index (κ1) is 17.5. The standard InChI is InChI=1S/C21H22O3/c1-17(2)21(22)24-16-6-15-23-20-13-11-19(12-14-20)10-9-18-7-4-3-5-8-18/h3-5,7-14H,1,6,15-16H2,2H3/b10-9+. The van der Waals surface area contributed by atoms with Gasteiger partial charge < -0.3 is 9.47 Å². The molecule has 0 radical (unpaired) electrons. The molecule has 3 heteroatoms. The summed E-state index contributed by atoms with van der Waals surface area (Å²) in [6.07, 6.45) is 4.79. The Balaban J connectivity index is 1.73. The molecule has 0 saturated heterocycles. The molecule has 0 aliphatic rings. The van der Waals surface area contributed by atoms with Gasteiger partial charge in [-0.15, -0.1) is 0 Å². The van der Waals surface area contributed by atoms with Crippen LogP contribution in [0.3, 0.4) is 0 Å². The molecule has 2 rings (SSSR count). The van der Waals surface area contributed by atoms with Gasteiger partial charge in [0.1, 0.15) is 5.75 Å². The molecular weight excluding hydrogens is 300 g/mol. The van der Waals surface area contributed by atoms with E-state index in [0.29, 0.717) is 25.2 Å². The van der Waals surface area contributed by atoms with E-state index in [4.69, 9.17) is 9.47 Å². The van der Waals surface area contributed by atoms with Crippen molar-refractivity contribution in [2.24, 2.45) is 0 Å². The normalized spacial score (nSPS) is 10.5. The highest BCUT2D eigenvalue weighted by molar-refractivity contribution is 5.86. The van der Waals surface area contributed by atoms with E-state index in [9.17, 15) is 4.79 Å². The highest BCUT2D eigenvalue weighted by atomic mass is 16.5. The van der Waals surface area contributed by atoms with Crippen molar-refractivity contribution in [2.75, 3.05) is 13.2 Å². The van der Waals surface area contributed by atoms with Crippen molar-refractivity contribution in [2.45, 2.75) is 13.3 Å². The Morgan fingerprint density at radius 1 is 0.958 bits per heavy atom. The smallest absolute Gasteiger partial charge is 0.333 e. The van der Waals surface area contributed by atoms with E-state index in [1.807, 2.05) is 42.5 Å². The fourth-order valence-electron chi connectivity index (χ4n) is 1.97. The van der Waals surface area contributed by atoms with Crippen molar-refractivity contribution in [3.63, 3.8) is 0 Å². The van der Waals surface area contributed by atoms with Gasteiger partial charge >= 0.3 is 5.97 Å². The first-order valence-electron chi connectivity index (χ1n) is 7.94. The van der Waals surface area contributed by atoms with Crippen LogP contribution in [0.1, 0.15) is 24.5 Å². The summed E-state index contributed by atoms with van der Waals surface area (Å²) in [6, 6.07) is 18.1. The molecule has 0 heterocycles. The van der Waals surface area contributed by atoms with Gasteiger partial charge in [0.15, 0.2) is 0 Å². The summed E-state index contributed by atoms with van der Waals surface area (Å²) in [5, 5.41) is 0. The van der Waals surface area contributed by atoms with Gasteiger partial charge in [0.25, 0.3) is 0 Å². The maximum atomic E-state index is 11.2. The van der Waals surface area contributed by atoms with Crippen LogP contribution in [0.4, 0.5) is 0 Å². The summed E-state index contributed by atoms with van der Waals surface area (Å²) in [7, 11) is 0. The van der Waals surface area contributed by atoms with Gasteiger partial charge in [-0.2, -0.15) is 0 Å². The summed E-state index contributed by atoms with van der Waals surface area (Å²) in [5.74, 6) is 0.447. The van der Waals surface area contributed by atoms with Crippen LogP contribution in [0, 0.1) is 0 Å². The average Bonchev–Trinajstić information content (AvgIpc) is 2.61. The molecule has 3 nitrogen and oxygen atoms in total. The third-order valence-corrected chi connectivity index (χ3v) is 3.29. The number of hydrogen-bond donors (Lipinski definition) is 0. The summed E-state index contributed by atoms with van der Waals surface area (Å²) < 4.78 is 10.6. The summed E-state index contributed by atoms with van der Waals surface area (Å²) in [6.45, 7) is 6.00. The van der Waals surface area contributed by atoms with Crippen LogP contribution in [0.2, 0.25) is 0 Å². The highest BCUT2D eigenvalue weighted by Gasteiger charge is 2.02. The van der Waals surface area contributed by atoms with Crippen LogP contribution >= 0.6 is 0 Å². The second-order valence-corrected chi connectivity index (χ2v) is 5.43. The Bertz CT molecular complexity index is 685. The molecule has 124 valence electrons. The van der Waals surface area contributed by atoms with E-state index in [1.54, 1.807) is 6.92 Å². The van der Waals surface area contributed by atoms with E-state index < -0.39 is 0 Å². The molecule has 2 aromatic rings. The van der Waals surface area contributed by atoms with Crippen LogP contribution < -0.4 is 4.74 Å². The Kier molecular flexibility index (Phi) is 6.84. The number of hydrogen-bond acceptors (Lipinski definition) is 3. The molecule has 24 heavy (non-hydrogen) atoms. The number of benzene rings is 2. The van der Waals surface area contributed by atoms with Gasteiger partial charge in [-0.25, -0.2) is 4.79 Å². The van der Waals surface area contributed by atoms with Crippen molar-refractivity contribution < 1.29 is 14.3 Å². The van der Waals surface area contributed by atoms with Gasteiger partial charge in [-0.1, -0.05) is 61.2 Å². The molecule has 0 fully saturated rings. The Morgan fingerprint density at radius 3 is 2.21 bits per heavy atom. The number of carbonyl (C=O) groups excluding carboxylic acids is 1. The zero-order valence-electron chi connectivity index (χ0n) is 13.9. The lowest BCUT2D eigenvalue weighted by Crippen LogP contribution is -2.09. The number of ether oxygens (including phenoxy) is 2. The van der Waals surface area contributed by atoms with Crippen molar-refractivity contribution in [1.29, 1.82) is 0 Å². The van der Waals surface area contributed by atoms with Gasteiger partial charge in [-0.3, -0.25) is 0 Å². The molecule has 0 aliphatic heterocycles. The van der Waals surface area contributed by atoms with Crippen molar-refractivity contribution >= 4 is 18.1 Å². The molecule has 0 saturated carbocycles. The SMILES string of the molecule is C=C(C)C(=O)OCCCOc1ccc(/C=C/c2ccccc2)cc1. The fourth-order valence-corrected chi connectivity index (χ4v) is 1.97. The van der Waals surface area contributed by atoms with Crippen LogP contribution in [0.15, 0.2) is 66.7 Å². The molecule has 0 aromatic heterocycles. The maximum absolute atomic E-state index is 11.2. The third-order valence-electron chi connectivity index (χ3n) is 3.29. The molecule has 0 aliphatic carbocycles. The molecule has 0 spiro atoms. The highest BCUT2D eigenvalue weighted by Crippen LogP contribution is 2.15. The monoisotopic (exact) mass is 322 g/mol. The Morgan fingerprint density at radius 2 is 1.58 bits per heavy atom. The van der Waals surface area contributed by atoms with E-state index in [-0.39, 0.29) is 5.97 Å². The van der Waals surface area contributed by atoms with Crippen molar-refractivity contribution in [3.8, 4) is 5.75 Å². The maximum Gasteiger partial charge on any atom is 0.333 e. The first-order valence-corrected chi connectivity index (χ1v) is 7.94. The molecular formula is C21H22O3. The number of carbonyl (C=O) groups is 1. The summed E-state index contributed by atoms with van der Waals surface area (Å²) in [4.78, 5) is 11.2. The Hall–Kier alpha value is -2.81. The summed E-state index contributed by atoms with van der Waals surface area (Å²) in [5.41, 5.74) is 2.69. The van der Waals surface area contributed by atoms with Gasteiger partial charge in [0.05, 0.1) is 13.2 Å². The molecule has 0 amide bonds. The van der Waals surface area contributed by atoms with E-state index in [2.05, 4.69) is 30.9 Å². The minimum atomic E-state index is -0.357. The first-order chi connectivity index (χ1) is 11.6. The molecule has 0 atom stereocenters. The van der Waals surface area contributed by atoms with Crippen LogP contribution in [-0.2, 0) is 9.53 Å². The number of rotatable bonds is 8. The predicted molar refractivity (Wildman–Crippen MR) is 97.7 cm³/mol. The second kappa shape index (κ2) is 9.36. The van der Waals surface area contributed by atoms with Crippen molar-refractivity contribution in [1.82, 2.24) is 0 Å². The topological polar surface area (TPSA) is 35.5 Å². The molecule has 0 N–H and O–H groups in total. The minimum absolute atomic E-state index is 0.337. The third kappa shape index (κ3) is 6.13. The quantitative estimate of drug-likeness (QED) is 0.305. The zero-order valence-corrected chi connectivity index (χ0v) is 13.9. The van der Waals surface area contributed by atoms with E-state index >= 15 is 0 Å². The second-order valence-electron chi connectivity index (χ2n) is 5.43. The predicted octanol–water partition coefficient (Wildman–Crippen LogP) is 4.75. The van der Waals surface area contributed by atoms with Gasteiger partial charge in [-0.05, 0) is 30.2 Å². The van der Waals surface area contributed by atoms with Gasteiger partial charge in [0, 0.05) is 12.0 Å². The molecule has 0 bridgehead atoms. The minimum Gasteiger partial charge on any atom is -0.493 e. The summed E-state index contributed by atoms with van der Waals surface area (Å²) >= 11 is 0. The number of esters is 1. The Labute approximate surface area is 143 Å². The molecule has 2 aromatic carbocycles. The van der Waals surface area contributed by atoms with Crippen molar-refractivity contribution in [3.05, 3.63) is 77.9 Å². The average molecular weight is 322 g/mol. The van der Waals surface area contributed by atoms with E-state index in [0.717, 1.165) is 11.3 Å². The zero-order chi connectivity index (χ0) is 17.2. The van der Waals surface area contributed by atoms with E-state index in [1.165, 1.54) is 5.56 Å². The fraction of sp³-hybridized carbons (Fsp3) is 0.190. The lowest BCUT2D eigenvalue weighted by molar-refractivity contribution is -0.139. The van der Waals surface area contributed by atoms with Gasteiger partial charge in [0.2, 0.25) is 0 Å². The van der Waals surface area contributed by atoms with Crippen LogP contribution in [0.5, 0.6) is 5.75 Å².